The van der Waals surface area contributed by atoms with E-state index in [0.29, 0.717) is 6.04 Å². The van der Waals surface area contributed by atoms with Gasteiger partial charge in [-0.05, 0) is 37.1 Å². The molecule has 1 nitrogen and oxygen atoms in total. The zero-order chi connectivity index (χ0) is 11.1. The van der Waals surface area contributed by atoms with E-state index in [1.165, 1.54) is 5.56 Å². The molecule has 15 heavy (non-hydrogen) atoms. The van der Waals surface area contributed by atoms with Gasteiger partial charge < -0.3 is 0 Å². The smallest absolute Gasteiger partial charge is 0.0223 e. The van der Waals surface area contributed by atoms with Crippen LogP contribution in [0, 0.1) is 0 Å². The van der Waals surface area contributed by atoms with Crippen molar-refractivity contribution in [1.29, 1.82) is 0 Å². The summed E-state index contributed by atoms with van der Waals surface area (Å²) < 4.78 is 1.73. The van der Waals surface area contributed by atoms with Gasteiger partial charge in [0.2, 0.25) is 0 Å². The van der Waals surface area contributed by atoms with Gasteiger partial charge in [-0.25, -0.2) is 4.42 Å². The van der Waals surface area contributed by atoms with E-state index >= 15 is 0 Å². The van der Waals surface area contributed by atoms with Crippen molar-refractivity contribution in [1.82, 2.24) is 4.42 Å². The van der Waals surface area contributed by atoms with E-state index < -0.39 is 0 Å². The molecule has 1 atom stereocenters. The van der Waals surface area contributed by atoms with Gasteiger partial charge in [0.25, 0.3) is 0 Å². The van der Waals surface area contributed by atoms with Gasteiger partial charge in [0.05, 0.1) is 0 Å². The summed E-state index contributed by atoms with van der Waals surface area (Å²) in [7, 11) is 1.90. The van der Waals surface area contributed by atoms with Crippen molar-refractivity contribution in [3.8, 4) is 0 Å². The van der Waals surface area contributed by atoms with Crippen molar-refractivity contribution in [3.63, 3.8) is 0 Å². The Bertz CT molecular complexity index is 293. The lowest BCUT2D eigenvalue weighted by Crippen LogP contribution is -2.18. The molecule has 1 aromatic carbocycles. The third-order valence-electron chi connectivity index (χ3n) is 2.47. The fraction of sp³-hybridized carbons (Fsp3) is 0.385. The summed E-state index contributed by atoms with van der Waals surface area (Å²) in [4.78, 5) is 0. The van der Waals surface area contributed by atoms with Gasteiger partial charge in [0.15, 0.2) is 0 Å². The van der Waals surface area contributed by atoms with E-state index in [9.17, 15) is 0 Å². The Kier molecular flexibility index (Phi) is 5.44. The normalized spacial score (nSPS) is 13.6. The Hall–Kier alpha value is -0.790. The lowest BCUT2D eigenvalue weighted by Gasteiger charge is -2.15. The zero-order valence-electron chi connectivity index (χ0n) is 9.36. The van der Waals surface area contributed by atoms with Crippen molar-refractivity contribution < 1.29 is 0 Å². The summed E-state index contributed by atoms with van der Waals surface area (Å²) in [5, 5.41) is 0. The first kappa shape index (κ1) is 12.3. The summed E-state index contributed by atoms with van der Waals surface area (Å²) in [6.07, 6.45) is 6.50. The first-order valence-corrected chi connectivity index (χ1v) is 5.64. The molecule has 0 aliphatic carbocycles. The SMILES string of the molecule is CC(CC/C=C/c1ccccc1)N(C)Cl. The second kappa shape index (κ2) is 6.65. The van der Waals surface area contributed by atoms with Gasteiger partial charge in [-0.1, -0.05) is 42.5 Å². The van der Waals surface area contributed by atoms with Crippen LogP contribution in [0.4, 0.5) is 0 Å². The summed E-state index contributed by atoms with van der Waals surface area (Å²) >= 11 is 5.83. The van der Waals surface area contributed by atoms with Crippen molar-refractivity contribution in [2.75, 3.05) is 7.05 Å². The van der Waals surface area contributed by atoms with Crippen molar-refractivity contribution >= 4 is 17.9 Å². The molecule has 0 fully saturated rings. The minimum absolute atomic E-state index is 0.423. The highest BCUT2D eigenvalue weighted by Gasteiger charge is 2.03. The molecule has 0 heterocycles. The maximum Gasteiger partial charge on any atom is 0.0223 e. The van der Waals surface area contributed by atoms with Gasteiger partial charge in [0, 0.05) is 13.1 Å². The maximum absolute atomic E-state index is 5.83. The third kappa shape index (κ3) is 5.01. The fourth-order valence-electron chi connectivity index (χ4n) is 1.30. The maximum atomic E-state index is 5.83. The zero-order valence-corrected chi connectivity index (χ0v) is 10.1. The van der Waals surface area contributed by atoms with E-state index in [1.807, 2.05) is 13.1 Å². The highest BCUT2D eigenvalue weighted by molar-refractivity contribution is 6.13. The van der Waals surface area contributed by atoms with E-state index in [0.717, 1.165) is 12.8 Å². The molecule has 0 N–H and O–H groups in total. The van der Waals surface area contributed by atoms with Crippen molar-refractivity contribution in [2.45, 2.75) is 25.8 Å². The molecule has 0 aromatic heterocycles. The van der Waals surface area contributed by atoms with Crippen LogP contribution in [0.15, 0.2) is 36.4 Å². The van der Waals surface area contributed by atoms with Gasteiger partial charge in [0.1, 0.15) is 0 Å². The average molecular weight is 224 g/mol. The van der Waals surface area contributed by atoms with Crippen LogP contribution in [0.2, 0.25) is 0 Å². The second-order valence-corrected chi connectivity index (χ2v) is 4.30. The van der Waals surface area contributed by atoms with E-state index in [2.05, 4.69) is 43.3 Å². The molecule has 1 aromatic rings. The molecule has 1 rings (SSSR count). The molecule has 0 bridgehead atoms. The summed E-state index contributed by atoms with van der Waals surface area (Å²) in [5.41, 5.74) is 1.25. The number of hydrogen-bond acceptors (Lipinski definition) is 1. The average Bonchev–Trinajstić information content (AvgIpc) is 2.25. The first-order chi connectivity index (χ1) is 7.20. The largest absolute Gasteiger partial charge is 0.220 e. The van der Waals surface area contributed by atoms with Crippen LogP contribution in [0.25, 0.3) is 6.08 Å². The molecule has 0 amide bonds. The molecule has 0 spiro atoms. The van der Waals surface area contributed by atoms with Crippen LogP contribution in [0.3, 0.4) is 0 Å². The molecule has 82 valence electrons. The minimum Gasteiger partial charge on any atom is -0.220 e. The monoisotopic (exact) mass is 223 g/mol. The van der Waals surface area contributed by atoms with Crippen LogP contribution in [0.1, 0.15) is 25.3 Å². The Morgan fingerprint density at radius 2 is 2.00 bits per heavy atom. The summed E-state index contributed by atoms with van der Waals surface area (Å²) in [5.74, 6) is 0. The Balaban J connectivity index is 2.29. The number of halogens is 1. The Morgan fingerprint density at radius 1 is 1.33 bits per heavy atom. The second-order valence-electron chi connectivity index (χ2n) is 3.76. The predicted molar refractivity (Wildman–Crippen MR) is 67.8 cm³/mol. The molecule has 1 unspecified atom stereocenters. The predicted octanol–water partition coefficient (Wildman–Crippen LogP) is 3.95. The summed E-state index contributed by atoms with van der Waals surface area (Å²) in [6, 6.07) is 10.8. The lowest BCUT2D eigenvalue weighted by molar-refractivity contribution is 0.401. The summed E-state index contributed by atoms with van der Waals surface area (Å²) in [6.45, 7) is 2.13. The molecule has 0 aliphatic rings. The molecule has 2 heteroatoms. The van der Waals surface area contributed by atoms with Crippen LogP contribution < -0.4 is 0 Å². The van der Waals surface area contributed by atoms with Crippen LogP contribution in [0.5, 0.6) is 0 Å². The topological polar surface area (TPSA) is 3.24 Å². The van der Waals surface area contributed by atoms with Gasteiger partial charge >= 0.3 is 0 Å². The third-order valence-corrected chi connectivity index (χ3v) is 2.80. The standard InChI is InChI=1S/C13H18ClN/c1-12(15(2)14)8-6-7-11-13-9-4-3-5-10-13/h3-5,7,9-12H,6,8H2,1-2H3/b11-7+. The fourth-order valence-corrected chi connectivity index (χ4v) is 1.40. The van der Waals surface area contributed by atoms with Gasteiger partial charge in [-0.3, -0.25) is 0 Å². The minimum atomic E-state index is 0.423. The van der Waals surface area contributed by atoms with Crippen LogP contribution >= 0.6 is 11.8 Å². The van der Waals surface area contributed by atoms with Crippen molar-refractivity contribution in [3.05, 3.63) is 42.0 Å². The van der Waals surface area contributed by atoms with E-state index in [-0.39, 0.29) is 0 Å². The van der Waals surface area contributed by atoms with Crippen LogP contribution in [-0.2, 0) is 0 Å². The highest BCUT2D eigenvalue weighted by Crippen LogP contribution is 2.08. The van der Waals surface area contributed by atoms with E-state index in [4.69, 9.17) is 11.8 Å². The van der Waals surface area contributed by atoms with E-state index in [1.54, 1.807) is 4.42 Å². The van der Waals surface area contributed by atoms with Crippen molar-refractivity contribution in [2.24, 2.45) is 0 Å². The van der Waals surface area contributed by atoms with Gasteiger partial charge in [-0.2, -0.15) is 0 Å². The quantitative estimate of drug-likeness (QED) is 0.684. The molecule has 0 saturated heterocycles. The lowest BCUT2D eigenvalue weighted by atomic mass is 10.1. The van der Waals surface area contributed by atoms with Crippen LogP contribution in [-0.4, -0.2) is 17.5 Å². The number of benzene rings is 1. The number of nitrogens with zero attached hydrogens (tertiary/aromatic N) is 1. The number of hydrogen-bond donors (Lipinski definition) is 0. The Morgan fingerprint density at radius 3 is 2.60 bits per heavy atom. The molecular weight excluding hydrogens is 206 g/mol. The molecular formula is C13H18ClN. The Labute approximate surface area is 97.5 Å². The number of rotatable bonds is 5. The number of allylic oxidation sites excluding steroid dienone is 1. The highest BCUT2D eigenvalue weighted by atomic mass is 35.5. The van der Waals surface area contributed by atoms with Gasteiger partial charge in [-0.15, -0.1) is 0 Å². The molecule has 0 radical (unpaired) electrons. The molecule has 0 saturated carbocycles. The first-order valence-electron chi connectivity index (χ1n) is 5.30. The molecule has 0 aliphatic heterocycles.